The molecule has 0 aliphatic rings. The number of imidazole rings is 1. The third kappa shape index (κ3) is 1.79. The van der Waals surface area contributed by atoms with Crippen LogP contribution in [0.15, 0.2) is 41.1 Å². The Balaban J connectivity index is 1.97. The summed E-state index contributed by atoms with van der Waals surface area (Å²) in [6, 6.07) is 8.95. The fourth-order valence-corrected chi connectivity index (χ4v) is 1.96. The van der Waals surface area contributed by atoms with Crippen LogP contribution in [0, 0.1) is 0 Å². The van der Waals surface area contributed by atoms with Gasteiger partial charge >= 0.3 is 0 Å². The Kier molecular flexibility index (Phi) is 2.62. The minimum atomic E-state index is -0.349. The van der Waals surface area contributed by atoms with E-state index in [1.807, 2.05) is 18.2 Å². The van der Waals surface area contributed by atoms with E-state index in [0.717, 1.165) is 16.6 Å². The molecule has 2 aromatic heterocycles. The maximum atomic E-state index is 8.97. The van der Waals surface area contributed by atoms with Crippen LogP contribution < -0.4 is 5.73 Å². The third-order valence-corrected chi connectivity index (χ3v) is 2.95. The molecule has 0 saturated heterocycles. The van der Waals surface area contributed by atoms with Crippen LogP contribution in [0.2, 0.25) is 0 Å². The van der Waals surface area contributed by atoms with Gasteiger partial charge in [0.15, 0.2) is 0 Å². The number of nitrogens with two attached hydrogens (primary N) is 1. The topological polar surface area (TPSA) is 88.1 Å². The van der Waals surface area contributed by atoms with E-state index in [1.165, 1.54) is 0 Å². The number of nitrogens with one attached hydrogen (secondary N) is 1. The molecule has 3 aromatic rings. The third-order valence-electron chi connectivity index (χ3n) is 2.95. The maximum absolute atomic E-state index is 8.97. The number of aliphatic hydroxyl groups is 1. The molecule has 0 aliphatic carbocycles. The summed E-state index contributed by atoms with van der Waals surface area (Å²) in [5.41, 5.74) is 8.92. The van der Waals surface area contributed by atoms with Crippen molar-refractivity contribution in [2.75, 3.05) is 0 Å². The molecule has 0 saturated carbocycles. The van der Waals surface area contributed by atoms with E-state index in [-0.39, 0.29) is 12.6 Å². The normalized spacial score (nSPS) is 13.0. The van der Waals surface area contributed by atoms with Crippen LogP contribution in [-0.4, -0.2) is 15.1 Å². The first-order chi connectivity index (χ1) is 8.78. The van der Waals surface area contributed by atoms with Crippen molar-refractivity contribution in [1.29, 1.82) is 0 Å². The summed E-state index contributed by atoms with van der Waals surface area (Å²) in [6.45, 7) is -0.119. The molecule has 5 heteroatoms. The van der Waals surface area contributed by atoms with Crippen molar-refractivity contribution in [2.45, 2.75) is 12.6 Å². The predicted octanol–water partition coefficient (Wildman–Crippen LogP) is 1.70. The van der Waals surface area contributed by atoms with Crippen molar-refractivity contribution in [2.24, 2.45) is 5.73 Å². The minimum Gasteiger partial charge on any atom is -0.462 e. The number of aromatic amines is 1. The Bertz CT molecular complexity index is 671. The number of H-pyrrole nitrogens is 1. The number of hydrogen-bond donors (Lipinski definition) is 3. The van der Waals surface area contributed by atoms with E-state index in [1.54, 1.807) is 18.5 Å². The number of aliphatic hydroxyl groups excluding tert-OH is 1. The second kappa shape index (κ2) is 4.29. The molecule has 0 bridgehead atoms. The lowest BCUT2D eigenvalue weighted by Gasteiger charge is -2.09. The zero-order valence-electron chi connectivity index (χ0n) is 9.63. The molecule has 92 valence electrons. The van der Waals surface area contributed by atoms with E-state index in [9.17, 15) is 0 Å². The summed E-state index contributed by atoms with van der Waals surface area (Å²) in [4.78, 5) is 7.20. The molecule has 1 unspecified atom stereocenters. The van der Waals surface area contributed by atoms with E-state index >= 15 is 0 Å². The lowest BCUT2D eigenvalue weighted by atomic mass is 10.1. The quantitative estimate of drug-likeness (QED) is 0.653. The van der Waals surface area contributed by atoms with Crippen molar-refractivity contribution < 1.29 is 9.52 Å². The smallest absolute Gasteiger partial charge is 0.129 e. The minimum absolute atomic E-state index is 0.119. The van der Waals surface area contributed by atoms with Gasteiger partial charge in [0.2, 0.25) is 0 Å². The predicted molar refractivity (Wildman–Crippen MR) is 66.8 cm³/mol. The van der Waals surface area contributed by atoms with Gasteiger partial charge in [-0.25, -0.2) is 4.98 Å². The molecule has 1 aromatic carbocycles. The zero-order valence-corrected chi connectivity index (χ0v) is 9.63. The fourth-order valence-electron chi connectivity index (χ4n) is 1.96. The van der Waals surface area contributed by atoms with Crippen molar-refractivity contribution in [3.05, 3.63) is 53.7 Å². The Morgan fingerprint density at radius 1 is 1.33 bits per heavy atom. The Labute approximate surface area is 103 Å². The summed E-state index contributed by atoms with van der Waals surface area (Å²) in [5.74, 6) is 1.15. The maximum Gasteiger partial charge on any atom is 0.129 e. The number of nitrogens with zero attached hydrogens (tertiary/aromatic N) is 1. The monoisotopic (exact) mass is 243 g/mol. The zero-order chi connectivity index (χ0) is 12.5. The lowest BCUT2D eigenvalue weighted by Crippen LogP contribution is -2.10. The van der Waals surface area contributed by atoms with Crippen LogP contribution in [0.25, 0.3) is 11.0 Å². The van der Waals surface area contributed by atoms with Crippen LogP contribution in [0.1, 0.15) is 23.1 Å². The van der Waals surface area contributed by atoms with Crippen molar-refractivity contribution >= 4 is 11.0 Å². The van der Waals surface area contributed by atoms with Gasteiger partial charge in [-0.1, -0.05) is 6.07 Å². The van der Waals surface area contributed by atoms with Crippen molar-refractivity contribution in [1.82, 2.24) is 9.97 Å². The standard InChI is InChI=1S/C13H13N3O2/c14-13(12-4-2-9(6-17)18-12)8-1-3-10-11(5-8)16-7-15-10/h1-5,7,13,17H,6,14H2,(H,15,16). The molecule has 4 N–H and O–H groups in total. The Morgan fingerprint density at radius 3 is 3.00 bits per heavy atom. The molecular weight excluding hydrogens is 230 g/mol. The molecule has 0 fully saturated rings. The molecular formula is C13H13N3O2. The average molecular weight is 243 g/mol. The number of fused-ring (bicyclic) bond motifs is 1. The number of furan rings is 1. The van der Waals surface area contributed by atoms with E-state index in [0.29, 0.717) is 11.5 Å². The summed E-state index contributed by atoms with van der Waals surface area (Å²) in [6.07, 6.45) is 1.65. The molecule has 3 rings (SSSR count). The van der Waals surface area contributed by atoms with Crippen molar-refractivity contribution in [3.63, 3.8) is 0 Å². The Morgan fingerprint density at radius 2 is 2.22 bits per heavy atom. The van der Waals surface area contributed by atoms with E-state index in [2.05, 4.69) is 9.97 Å². The van der Waals surface area contributed by atoms with E-state index in [4.69, 9.17) is 15.3 Å². The van der Waals surface area contributed by atoms with Crippen LogP contribution >= 0.6 is 0 Å². The van der Waals surface area contributed by atoms with Gasteiger partial charge in [-0.2, -0.15) is 0 Å². The van der Waals surface area contributed by atoms with Crippen LogP contribution in [0.3, 0.4) is 0 Å². The molecule has 0 spiro atoms. The van der Waals surface area contributed by atoms with Gasteiger partial charge in [0.25, 0.3) is 0 Å². The van der Waals surface area contributed by atoms with Gasteiger partial charge in [-0.05, 0) is 29.8 Å². The van der Waals surface area contributed by atoms with Crippen LogP contribution in [-0.2, 0) is 6.61 Å². The summed E-state index contributed by atoms with van der Waals surface area (Å²) < 4.78 is 5.44. The first-order valence-corrected chi connectivity index (χ1v) is 5.66. The number of benzene rings is 1. The average Bonchev–Trinajstić information content (AvgIpc) is 3.05. The molecule has 0 radical (unpaired) electrons. The van der Waals surface area contributed by atoms with Crippen LogP contribution in [0.5, 0.6) is 0 Å². The second-order valence-corrected chi connectivity index (χ2v) is 4.12. The largest absolute Gasteiger partial charge is 0.462 e. The number of aromatic nitrogens is 2. The van der Waals surface area contributed by atoms with Gasteiger partial charge < -0.3 is 20.2 Å². The molecule has 1 atom stereocenters. The van der Waals surface area contributed by atoms with Gasteiger partial charge in [0.05, 0.1) is 23.4 Å². The SMILES string of the molecule is NC(c1ccc2nc[nH]c2c1)c1ccc(CO)o1. The summed E-state index contributed by atoms with van der Waals surface area (Å²) >= 11 is 0. The molecule has 2 heterocycles. The molecule has 0 aliphatic heterocycles. The summed E-state index contributed by atoms with van der Waals surface area (Å²) in [7, 11) is 0. The highest BCUT2D eigenvalue weighted by molar-refractivity contribution is 5.75. The first kappa shape index (κ1) is 11.0. The highest BCUT2D eigenvalue weighted by Crippen LogP contribution is 2.24. The van der Waals surface area contributed by atoms with Gasteiger partial charge in [0.1, 0.15) is 18.1 Å². The summed E-state index contributed by atoms with van der Waals surface area (Å²) in [5, 5.41) is 8.97. The Hall–Kier alpha value is -2.11. The van der Waals surface area contributed by atoms with Gasteiger partial charge in [-0.15, -0.1) is 0 Å². The number of rotatable bonds is 3. The highest BCUT2D eigenvalue weighted by atomic mass is 16.4. The van der Waals surface area contributed by atoms with E-state index < -0.39 is 0 Å². The van der Waals surface area contributed by atoms with Gasteiger partial charge in [0, 0.05) is 0 Å². The highest BCUT2D eigenvalue weighted by Gasteiger charge is 2.14. The number of hydrogen-bond acceptors (Lipinski definition) is 4. The second-order valence-electron chi connectivity index (χ2n) is 4.12. The first-order valence-electron chi connectivity index (χ1n) is 5.66. The van der Waals surface area contributed by atoms with Gasteiger partial charge in [-0.3, -0.25) is 0 Å². The molecule has 0 amide bonds. The lowest BCUT2D eigenvalue weighted by molar-refractivity contribution is 0.242. The van der Waals surface area contributed by atoms with Crippen molar-refractivity contribution in [3.8, 4) is 0 Å². The fraction of sp³-hybridized carbons (Fsp3) is 0.154. The molecule has 5 nitrogen and oxygen atoms in total. The molecule has 18 heavy (non-hydrogen) atoms. The van der Waals surface area contributed by atoms with Crippen LogP contribution in [0.4, 0.5) is 0 Å².